The van der Waals surface area contributed by atoms with Crippen LogP contribution in [-0.2, 0) is 43.5 Å². The zero-order chi connectivity index (χ0) is 33.7. The largest absolute Gasteiger partial charge is 0.497 e. The van der Waals surface area contributed by atoms with E-state index in [1.807, 2.05) is 121 Å². The van der Waals surface area contributed by atoms with Gasteiger partial charge in [-0.05, 0) is 53.1 Å². The summed E-state index contributed by atoms with van der Waals surface area (Å²) < 4.78 is 38.2. The van der Waals surface area contributed by atoms with Crippen LogP contribution in [0.15, 0.2) is 150 Å². The molecule has 1 fully saturated rings. The van der Waals surface area contributed by atoms with E-state index in [-0.39, 0.29) is 13.2 Å². The van der Waals surface area contributed by atoms with Gasteiger partial charge in [0.2, 0.25) is 0 Å². The quantitative estimate of drug-likeness (QED) is 0.103. The van der Waals surface area contributed by atoms with Crippen LogP contribution < -0.4 is 4.74 Å². The molecule has 5 atom stereocenters. The van der Waals surface area contributed by atoms with Crippen molar-refractivity contribution in [3.05, 3.63) is 168 Å². The SMILES string of the molecule is COc1ccc(C(=O)O[C@@H]2[C@H](OCc3ccccc3)[C@@H](OCc3ccccc3)[C@@H](Sc3ccccc3)O[C@@H]2COCc2ccccc2)cc1. The van der Waals surface area contributed by atoms with Crippen LogP contribution in [0.2, 0.25) is 0 Å². The Morgan fingerprint density at radius 3 is 1.67 bits per heavy atom. The molecular weight excluding hydrogens is 637 g/mol. The lowest BCUT2D eigenvalue weighted by molar-refractivity contribution is -0.240. The lowest BCUT2D eigenvalue weighted by atomic mass is 9.98. The van der Waals surface area contributed by atoms with E-state index in [9.17, 15) is 4.79 Å². The van der Waals surface area contributed by atoms with Crippen LogP contribution in [-0.4, -0.2) is 49.5 Å². The predicted molar refractivity (Wildman–Crippen MR) is 189 cm³/mol. The van der Waals surface area contributed by atoms with Gasteiger partial charge in [-0.1, -0.05) is 121 Å². The summed E-state index contributed by atoms with van der Waals surface area (Å²) in [5, 5.41) is 0. The average molecular weight is 677 g/mol. The Bertz CT molecular complexity index is 1690. The molecule has 0 amide bonds. The number of carbonyl (C=O) groups excluding carboxylic acids is 1. The van der Waals surface area contributed by atoms with Gasteiger partial charge < -0.3 is 28.4 Å². The molecule has 5 aromatic rings. The average Bonchev–Trinajstić information content (AvgIpc) is 3.16. The molecule has 0 N–H and O–H groups in total. The first-order valence-electron chi connectivity index (χ1n) is 16.3. The van der Waals surface area contributed by atoms with Crippen molar-refractivity contribution in [2.45, 2.75) is 54.6 Å². The van der Waals surface area contributed by atoms with Gasteiger partial charge in [0.1, 0.15) is 29.5 Å². The molecule has 0 radical (unpaired) electrons. The standard InChI is InChI=1S/C41H40O7S/c1-43-34-24-22-33(23-25-34)40(42)48-37-36(29-44-26-30-14-6-2-7-15-30)47-41(49-35-20-12-5-13-21-35)39(46-28-32-18-10-4-11-19-32)38(37)45-27-31-16-8-3-9-17-31/h2-25,36-39,41H,26-29H2,1H3/t36-,37+,38+,39-,41-/m1/s1. The highest BCUT2D eigenvalue weighted by molar-refractivity contribution is 7.99. The molecule has 252 valence electrons. The summed E-state index contributed by atoms with van der Waals surface area (Å²) in [6.07, 6.45) is -2.84. The smallest absolute Gasteiger partial charge is 0.338 e. The van der Waals surface area contributed by atoms with E-state index in [0.29, 0.717) is 24.5 Å². The molecule has 0 unspecified atom stereocenters. The van der Waals surface area contributed by atoms with Crippen LogP contribution in [0.1, 0.15) is 27.0 Å². The fourth-order valence-corrected chi connectivity index (χ4v) is 6.72. The molecule has 1 aliphatic rings. The second-order valence-corrected chi connectivity index (χ2v) is 12.8. The minimum absolute atomic E-state index is 0.165. The summed E-state index contributed by atoms with van der Waals surface area (Å²) in [6, 6.07) is 46.7. The molecule has 5 aromatic carbocycles. The van der Waals surface area contributed by atoms with Gasteiger partial charge in [0.15, 0.2) is 6.10 Å². The molecule has 1 heterocycles. The predicted octanol–water partition coefficient (Wildman–Crippen LogP) is 8.13. The lowest BCUT2D eigenvalue weighted by Gasteiger charge is -2.45. The number of carbonyl (C=O) groups is 1. The van der Waals surface area contributed by atoms with Crippen molar-refractivity contribution in [1.82, 2.24) is 0 Å². The number of ether oxygens (including phenoxy) is 6. The van der Waals surface area contributed by atoms with Gasteiger partial charge in [0.05, 0.1) is 39.1 Å². The van der Waals surface area contributed by atoms with Crippen molar-refractivity contribution in [3.63, 3.8) is 0 Å². The van der Waals surface area contributed by atoms with Gasteiger partial charge in [0, 0.05) is 4.90 Å². The lowest BCUT2D eigenvalue weighted by Crippen LogP contribution is -2.60. The molecule has 1 aliphatic heterocycles. The summed E-state index contributed by atoms with van der Waals surface area (Å²) in [5.74, 6) is 0.137. The maximum Gasteiger partial charge on any atom is 0.338 e. The summed E-state index contributed by atoms with van der Waals surface area (Å²) in [7, 11) is 1.58. The molecule has 49 heavy (non-hydrogen) atoms. The molecule has 0 aromatic heterocycles. The van der Waals surface area contributed by atoms with Gasteiger partial charge in [0.25, 0.3) is 0 Å². The minimum atomic E-state index is -0.859. The molecule has 8 heteroatoms. The monoisotopic (exact) mass is 676 g/mol. The zero-order valence-electron chi connectivity index (χ0n) is 27.3. The highest BCUT2D eigenvalue weighted by atomic mass is 32.2. The normalized spacial score (nSPS) is 20.4. The number of benzene rings is 5. The Morgan fingerprint density at radius 2 is 1.12 bits per heavy atom. The van der Waals surface area contributed by atoms with E-state index in [4.69, 9.17) is 28.4 Å². The number of methoxy groups -OCH3 is 1. The molecule has 0 bridgehead atoms. The summed E-state index contributed by atoms with van der Waals surface area (Å²) in [6.45, 7) is 1.14. The van der Waals surface area contributed by atoms with E-state index < -0.39 is 35.8 Å². The Morgan fingerprint density at radius 1 is 0.612 bits per heavy atom. The number of rotatable bonds is 15. The zero-order valence-corrected chi connectivity index (χ0v) is 28.2. The van der Waals surface area contributed by atoms with Crippen molar-refractivity contribution in [1.29, 1.82) is 0 Å². The van der Waals surface area contributed by atoms with Gasteiger partial charge in [-0.25, -0.2) is 4.79 Å². The van der Waals surface area contributed by atoms with Crippen LogP contribution >= 0.6 is 11.8 Å². The van der Waals surface area contributed by atoms with Gasteiger partial charge in [-0.3, -0.25) is 0 Å². The molecular formula is C41H40O7S. The highest BCUT2D eigenvalue weighted by Gasteiger charge is 2.50. The topological polar surface area (TPSA) is 72.5 Å². The number of thioether (sulfide) groups is 1. The minimum Gasteiger partial charge on any atom is -0.497 e. The van der Waals surface area contributed by atoms with E-state index in [1.54, 1.807) is 43.1 Å². The first-order valence-corrected chi connectivity index (χ1v) is 17.2. The Hall–Kier alpha value is -4.44. The first kappa shape index (κ1) is 34.4. The molecule has 0 aliphatic carbocycles. The van der Waals surface area contributed by atoms with Crippen molar-refractivity contribution in [3.8, 4) is 5.75 Å². The Balaban J connectivity index is 1.34. The van der Waals surface area contributed by atoms with E-state index in [1.165, 1.54) is 0 Å². The number of hydrogen-bond donors (Lipinski definition) is 0. The summed E-state index contributed by atoms with van der Waals surface area (Å²) in [4.78, 5) is 14.8. The Kier molecular flexibility index (Phi) is 12.5. The van der Waals surface area contributed by atoms with Crippen LogP contribution in [0.3, 0.4) is 0 Å². The maximum atomic E-state index is 13.8. The van der Waals surface area contributed by atoms with Gasteiger partial charge >= 0.3 is 5.97 Å². The maximum absolute atomic E-state index is 13.8. The van der Waals surface area contributed by atoms with Gasteiger partial charge in [-0.15, -0.1) is 0 Å². The number of hydrogen-bond acceptors (Lipinski definition) is 8. The third-order valence-electron chi connectivity index (χ3n) is 8.12. The van der Waals surface area contributed by atoms with Crippen molar-refractivity contribution in [2.75, 3.05) is 13.7 Å². The van der Waals surface area contributed by atoms with Crippen LogP contribution in [0.25, 0.3) is 0 Å². The van der Waals surface area contributed by atoms with Crippen LogP contribution in [0.4, 0.5) is 0 Å². The van der Waals surface area contributed by atoms with Crippen molar-refractivity contribution < 1.29 is 33.2 Å². The number of esters is 1. The first-order chi connectivity index (χ1) is 24.2. The summed E-state index contributed by atoms with van der Waals surface area (Å²) >= 11 is 1.55. The van der Waals surface area contributed by atoms with Crippen LogP contribution in [0, 0.1) is 0 Å². The molecule has 1 saturated heterocycles. The third-order valence-corrected chi connectivity index (χ3v) is 9.28. The molecule has 6 rings (SSSR count). The Labute approximate surface area is 292 Å². The van der Waals surface area contributed by atoms with E-state index in [0.717, 1.165) is 21.6 Å². The molecule has 7 nitrogen and oxygen atoms in total. The van der Waals surface area contributed by atoms with Crippen molar-refractivity contribution >= 4 is 17.7 Å². The molecule has 0 saturated carbocycles. The van der Waals surface area contributed by atoms with Crippen molar-refractivity contribution in [2.24, 2.45) is 0 Å². The fraction of sp³-hybridized carbons (Fsp3) is 0.244. The highest BCUT2D eigenvalue weighted by Crippen LogP contribution is 2.38. The van der Waals surface area contributed by atoms with E-state index >= 15 is 0 Å². The van der Waals surface area contributed by atoms with E-state index in [2.05, 4.69) is 0 Å². The second-order valence-electron chi connectivity index (χ2n) is 11.6. The third kappa shape index (κ3) is 9.81. The van der Waals surface area contributed by atoms with Crippen LogP contribution in [0.5, 0.6) is 5.75 Å². The fourth-order valence-electron chi connectivity index (χ4n) is 5.57. The summed E-state index contributed by atoms with van der Waals surface area (Å²) in [5.41, 5.74) is 2.90. The second kappa shape index (κ2) is 17.8. The molecule has 0 spiro atoms. The van der Waals surface area contributed by atoms with Gasteiger partial charge in [-0.2, -0.15) is 0 Å².